The van der Waals surface area contributed by atoms with Crippen LogP contribution < -0.4 is 20.7 Å². The molecule has 1 fully saturated rings. The molecule has 6 heteroatoms. The van der Waals surface area contributed by atoms with E-state index in [1.54, 1.807) is 18.2 Å². The zero-order valence-electron chi connectivity index (χ0n) is 10.4. The number of hydrogen-bond donors (Lipinski definition) is 3. The van der Waals surface area contributed by atoms with Crippen LogP contribution in [0, 0.1) is 0 Å². The third-order valence-corrected chi connectivity index (χ3v) is 3.27. The molecular formula is C13H15N3O3. The Morgan fingerprint density at radius 2 is 2.32 bits per heavy atom. The molecule has 0 spiro atoms. The SMILES string of the molecule is O=C1COc2ccc(C(=O)NC3CCNC3)cc2N1. The van der Waals surface area contributed by atoms with Crippen molar-refractivity contribution in [1.82, 2.24) is 10.6 Å². The Morgan fingerprint density at radius 1 is 1.42 bits per heavy atom. The summed E-state index contributed by atoms with van der Waals surface area (Å²) in [7, 11) is 0. The number of carbonyl (C=O) groups excluding carboxylic acids is 2. The van der Waals surface area contributed by atoms with Gasteiger partial charge in [0.2, 0.25) is 0 Å². The average Bonchev–Trinajstić information content (AvgIpc) is 2.90. The number of hydrogen-bond acceptors (Lipinski definition) is 4. The van der Waals surface area contributed by atoms with Gasteiger partial charge in [-0.3, -0.25) is 9.59 Å². The predicted octanol–water partition coefficient (Wildman–Crippen LogP) is 0.109. The number of rotatable bonds is 2. The van der Waals surface area contributed by atoms with E-state index in [4.69, 9.17) is 4.74 Å². The van der Waals surface area contributed by atoms with E-state index in [1.807, 2.05) is 0 Å². The number of benzene rings is 1. The Bertz CT molecular complexity index is 524. The molecular weight excluding hydrogens is 246 g/mol. The van der Waals surface area contributed by atoms with E-state index in [0.717, 1.165) is 19.5 Å². The third-order valence-electron chi connectivity index (χ3n) is 3.27. The van der Waals surface area contributed by atoms with Crippen molar-refractivity contribution >= 4 is 17.5 Å². The maximum atomic E-state index is 12.1. The number of nitrogens with one attached hydrogen (secondary N) is 3. The summed E-state index contributed by atoms with van der Waals surface area (Å²) in [4.78, 5) is 23.3. The Labute approximate surface area is 110 Å². The lowest BCUT2D eigenvalue weighted by Crippen LogP contribution is -2.36. The second kappa shape index (κ2) is 4.89. The van der Waals surface area contributed by atoms with Crippen LogP contribution >= 0.6 is 0 Å². The number of anilines is 1. The molecule has 3 N–H and O–H groups in total. The second-order valence-corrected chi connectivity index (χ2v) is 4.71. The molecule has 0 aliphatic carbocycles. The molecule has 2 aliphatic heterocycles. The van der Waals surface area contributed by atoms with Crippen molar-refractivity contribution < 1.29 is 14.3 Å². The molecule has 0 aromatic heterocycles. The fraction of sp³-hybridized carbons (Fsp3) is 0.385. The van der Waals surface area contributed by atoms with Crippen LogP contribution in [-0.4, -0.2) is 37.6 Å². The van der Waals surface area contributed by atoms with Crippen LogP contribution in [0.25, 0.3) is 0 Å². The highest BCUT2D eigenvalue weighted by Gasteiger charge is 2.20. The maximum Gasteiger partial charge on any atom is 0.262 e. The Hall–Kier alpha value is -2.08. The molecule has 2 amide bonds. The van der Waals surface area contributed by atoms with Crippen molar-refractivity contribution in [1.29, 1.82) is 0 Å². The molecule has 1 unspecified atom stereocenters. The molecule has 1 saturated heterocycles. The molecule has 3 rings (SSSR count). The monoisotopic (exact) mass is 261 g/mol. The Kier molecular flexibility index (Phi) is 3.08. The summed E-state index contributed by atoms with van der Waals surface area (Å²) in [6.07, 6.45) is 0.941. The van der Waals surface area contributed by atoms with Gasteiger partial charge in [-0.1, -0.05) is 0 Å². The van der Waals surface area contributed by atoms with Gasteiger partial charge in [-0.2, -0.15) is 0 Å². The van der Waals surface area contributed by atoms with Crippen molar-refractivity contribution in [2.75, 3.05) is 25.0 Å². The second-order valence-electron chi connectivity index (χ2n) is 4.71. The van der Waals surface area contributed by atoms with Crippen molar-refractivity contribution in [2.24, 2.45) is 0 Å². The van der Waals surface area contributed by atoms with E-state index < -0.39 is 0 Å². The van der Waals surface area contributed by atoms with Crippen LogP contribution in [0.2, 0.25) is 0 Å². The summed E-state index contributed by atoms with van der Waals surface area (Å²) in [5.41, 5.74) is 1.07. The molecule has 2 aliphatic rings. The highest BCUT2D eigenvalue weighted by molar-refractivity contribution is 5.99. The summed E-state index contributed by atoms with van der Waals surface area (Å²) in [5, 5.41) is 8.84. The van der Waals surface area contributed by atoms with E-state index in [1.165, 1.54) is 0 Å². The average molecular weight is 261 g/mol. The van der Waals surface area contributed by atoms with E-state index in [9.17, 15) is 9.59 Å². The first-order valence-corrected chi connectivity index (χ1v) is 6.30. The van der Waals surface area contributed by atoms with Crippen LogP contribution in [0.15, 0.2) is 18.2 Å². The summed E-state index contributed by atoms with van der Waals surface area (Å²) < 4.78 is 5.25. The van der Waals surface area contributed by atoms with E-state index in [-0.39, 0.29) is 24.5 Å². The molecule has 1 atom stereocenters. The highest BCUT2D eigenvalue weighted by atomic mass is 16.5. The minimum absolute atomic E-state index is 0.0201. The van der Waals surface area contributed by atoms with Gasteiger partial charge in [-0.15, -0.1) is 0 Å². The largest absolute Gasteiger partial charge is 0.482 e. The van der Waals surface area contributed by atoms with E-state index in [2.05, 4.69) is 16.0 Å². The van der Waals surface area contributed by atoms with E-state index >= 15 is 0 Å². The molecule has 100 valence electrons. The fourth-order valence-electron chi connectivity index (χ4n) is 2.27. The standard InChI is InChI=1S/C13H15N3O3/c17-12-7-19-11-2-1-8(5-10(11)16-12)13(18)15-9-3-4-14-6-9/h1-2,5,9,14H,3-4,6-7H2,(H,15,18)(H,16,17). The first-order valence-electron chi connectivity index (χ1n) is 6.30. The van der Waals surface area contributed by atoms with Gasteiger partial charge in [0.1, 0.15) is 5.75 Å². The van der Waals surface area contributed by atoms with Gasteiger partial charge in [-0.25, -0.2) is 0 Å². The number of fused-ring (bicyclic) bond motifs is 1. The summed E-state index contributed by atoms with van der Waals surface area (Å²) in [6.45, 7) is 1.75. The molecule has 2 heterocycles. The summed E-state index contributed by atoms with van der Waals surface area (Å²) in [5.74, 6) is 0.264. The number of carbonyl (C=O) groups is 2. The van der Waals surface area contributed by atoms with Crippen molar-refractivity contribution in [3.8, 4) is 5.75 Å². The zero-order chi connectivity index (χ0) is 13.2. The lowest BCUT2D eigenvalue weighted by Gasteiger charge is -2.19. The lowest BCUT2D eigenvalue weighted by molar-refractivity contribution is -0.118. The zero-order valence-corrected chi connectivity index (χ0v) is 10.4. The fourth-order valence-corrected chi connectivity index (χ4v) is 2.27. The third kappa shape index (κ3) is 2.53. The van der Waals surface area contributed by atoms with Crippen LogP contribution in [0.4, 0.5) is 5.69 Å². The lowest BCUT2D eigenvalue weighted by atomic mass is 10.1. The Balaban J connectivity index is 1.75. The summed E-state index contributed by atoms with van der Waals surface area (Å²) >= 11 is 0. The van der Waals surface area contributed by atoms with E-state index in [0.29, 0.717) is 17.0 Å². The smallest absolute Gasteiger partial charge is 0.262 e. The maximum absolute atomic E-state index is 12.1. The van der Waals surface area contributed by atoms with Crippen LogP contribution in [-0.2, 0) is 4.79 Å². The van der Waals surface area contributed by atoms with Gasteiger partial charge >= 0.3 is 0 Å². The highest BCUT2D eigenvalue weighted by Crippen LogP contribution is 2.28. The normalized spacial score (nSPS) is 21.3. The quantitative estimate of drug-likeness (QED) is 0.706. The molecule has 0 saturated carbocycles. The molecule has 6 nitrogen and oxygen atoms in total. The first-order chi connectivity index (χ1) is 9.22. The minimum atomic E-state index is -0.204. The van der Waals surface area contributed by atoms with Gasteiger partial charge in [0.05, 0.1) is 5.69 Å². The van der Waals surface area contributed by atoms with Crippen LogP contribution in [0.5, 0.6) is 5.75 Å². The predicted molar refractivity (Wildman–Crippen MR) is 69.3 cm³/mol. The van der Waals surface area contributed by atoms with Crippen LogP contribution in [0.3, 0.4) is 0 Å². The molecule has 19 heavy (non-hydrogen) atoms. The van der Waals surface area contributed by atoms with Crippen LogP contribution in [0.1, 0.15) is 16.8 Å². The molecule has 0 bridgehead atoms. The van der Waals surface area contributed by atoms with Gasteiger partial charge in [0.25, 0.3) is 11.8 Å². The topological polar surface area (TPSA) is 79.5 Å². The first kappa shape index (κ1) is 12.0. The van der Waals surface area contributed by atoms with Crippen molar-refractivity contribution in [2.45, 2.75) is 12.5 Å². The molecule has 1 aromatic rings. The molecule has 1 aromatic carbocycles. The van der Waals surface area contributed by atoms with Gasteiger partial charge in [-0.05, 0) is 31.2 Å². The number of ether oxygens (including phenoxy) is 1. The van der Waals surface area contributed by atoms with Crippen molar-refractivity contribution in [3.05, 3.63) is 23.8 Å². The van der Waals surface area contributed by atoms with Gasteiger partial charge in [0, 0.05) is 18.2 Å². The minimum Gasteiger partial charge on any atom is -0.482 e. The van der Waals surface area contributed by atoms with Gasteiger partial charge < -0.3 is 20.7 Å². The summed E-state index contributed by atoms with van der Waals surface area (Å²) in [6, 6.07) is 5.23. The number of amides is 2. The van der Waals surface area contributed by atoms with Crippen molar-refractivity contribution in [3.63, 3.8) is 0 Å². The Morgan fingerprint density at radius 3 is 3.11 bits per heavy atom. The molecule has 0 radical (unpaired) electrons. The van der Waals surface area contributed by atoms with Gasteiger partial charge in [0.15, 0.2) is 6.61 Å².